The number of hydrogen-bond acceptors (Lipinski definition) is 4. The van der Waals surface area contributed by atoms with E-state index in [0.717, 1.165) is 13.2 Å². The molecule has 0 saturated carbocycles. The summed E-state index contributed by atoms with van der Waals surface area (Å²) >= 11 is 3.01. The maximum atomic E-state index is 13.4. The van der Waals surface area contributed by atoms with Gasteiger partial charge in [-0.3, -0.25) is 0 Å². The highest BCUT2D eigenvalue weighted by Crippen LogP contribution is 2.26. The molecule has 0 aliphatic heterocycles. The van der Waals surface area contributed by atoms with E-state index in [1.807, 2.05) is 0 Å². The smallest absolute Gasteiger partial charge is 0.504 e. The Morgan fingerprint density at radius 3 is 2.73 bits per heavy atom. The first-order valence-corrected chi connectivity index (χ1v) is 4.70. The second kappa shape index (κ2) is 5.13. The molecule has 0 aliphatic rings. The fourth-order valence-electron chi connectivity index (χ4n) is 1.00. The summed E-state index contributed by atoms with van der Waals surface area (Å²) in [5.74, 6) is -1.44. The molecular weight excluding hydrogens is 270 g/mol. The maximum Gasteiger partial charge on any atom is 0.504 e. The molecule has 7 heteroatoms. The number of carbonyl (C=O) groups excluding carboxylic acids is 1. The van der Waals surface area contributed by atoms with Crippen LogP contribution in [0, 0.1) is 5.82 Å². The molecule has 15 heavy (non-hydrogen) atoms. The average Bonchev–Trinajstić information content (AvgIpc) is 2.16. The predicted molar refractivity (Wildman–Crippen MR) is 55.4 cm³/mol. The lowest BCUT2D eigenvalue weighted by Crippen LogP contribution is -2.07. The number of rotatable bonds is 3. The van der Waals surface area contributed by atoms with Crippen LogP contribution in [0.4, 0.5) is 4.39 Å². The Morgan fingerprint density at radius 1 is 1.60 bits per heavy atom. The molecule has 0 fully saturated rings. The van der Waals surface area contributed by atoms with Crippen LogP contribution in [0.25, 0.3) is 0 Å². The summed E-state index contributed by atoms with van der Waals surface area (Å²) in [6.45, 7) is 0. The molecule has 0 saturated heterocycles. The van der Waals surface area contributed by atoms with Gasteiger partial charge in [0.15, 0.2) is 0 Å². The number of hydrogen-bond donors (Lipinski definition) is 1. The van der Waals surface area contributed by atoms with Crippen LogP contribution >= 0.6 is 15.9 Å². The first kappa shape index (κ1) is 12.0. The molecule has 4 nitrogen and oxygen atoms in total. The lowest BCUT2D eigenvalue weighted by molar-refractivity contribution is 0.0594. The minimum atomic E-state index is -0.782. The van der Waals surface area contributed by atoms with Crippen molar-refractivity contribution < 1.29 is 23.6 Å². The Morgan fingerprint density at radius 2 is 2.27 bits per heavy atom. The van der Waals surface area contributed by atoms with Crippen molar-refractivity contribution in [1.29, 1.82) is 0 Å². The fourth-order valence-corrected chi connectivity index (χ4v) is 1.58. The lowest BCUT2D eigenvalue weighted by Gasteiger charge is -2.07. The normalized spacial score (nSPS) is 9.60. The van der Waals surface area contributed by atoms with E-state index < -0.39 is 19.5 Å². The van der Waals surface area contributed by atoms with E-state index in [1.54, 1.807) is 0 Å². The van der Waals surface area contributed by atoms with Crippen molar-refractivity contribution in [3.05, 3.63) is 28.0 Å². The summed E-state index contributed by atoms with van der Waals surface area (Å²) in [6, 6.07) is 2.36. The van der Waals surface area contributed by atoms with Gasteiger partial charge in [-0.2, -0.15) is 0 Å². The van der Waals surface area contributed by atoms with Crippen LogP contribution in [-0.2, 0) is 4.74 Å². The number of halogens is 2. The molecule has 0 atom stereocenters. The third-order valence-electron chi connectivity index (χ3n) is 1.64. The monoisotopic (exact) mass is 276 g/mol. The van der Waals surface area contributed by atoms with Gasteiger partial charge in [-0.25, -0.2) is 9.18 Å². The van der Waals surface area contributed by atoms with Crippen LogP contribution in [0.1, 0.15) is 10.4 Å². The molecule has 0 unspecified atom stereocenters. The van der Waals surface area contributed by atoms with Gasteiger partial charge in [0.05, 0.1) is 7.11 Å². The first-order chi connectivity index (χ1) is 7.10. The number of methoxy groups -OCH3 is 1. The Hall–Kier alpha value is -1.08. The van der Waals surface area contributed by atoms with Gasteiger partial charge in [0.25, 0.3) is 0 Å². The Balaban J connectivity index is 3.15. The zero-order chi connectivity index (χ0) is 11.4. The molecule has 1 aromatic rings. The van der Waals surface area contributed by atoms with Crippen LogP contribution in [-0.4, -0.2) is 25.8 Å². The van der Waals surface area contributed by atoms with Gasteiger partial charge < -0.3 is 14.4 Å². The van der Waals surface area contributed by atoms with Gasteiger partial charge in [0.1, 0.15) is 17.1 Å². The Kier molecular flexibility index (Phi) is 4.10. The third-order valence-corrected chi connectivity index (χ3v) is 2.26. The van der Waals surface area contributed by atoms with Gasteiger partial charge in [0, 0.05) is 10.5 Å². The van der Waals surface area contributed by atoms with Gasteiger partial charge in [-0.05, 0) is 22.0 Å². The topological polar surface area (TPSA) is 55.8 Å². The molecule has 0 spiro atoms. The number of benzene rings is 1. The van der Waals surface area contributed by atoms with Crippen molar-refractivity contribution in [2.24, 2.45) is 0 Å². The summed E-state index contributed by atoms with van der Waals surface area (Å²) in [7, 11) is 0.593. The average molecular weight is 277 g/mol. The van der Waals surface area contributed by atoms with Gasteiger partial charge >= 0.3 is 13.7 Å². The highest BCUT2D eigenvalue weighted by Gasteiger charge is 2.17. The number of carbonyl (C=O) groups is 1. The second-order valence-electron chi connectivity index (χ2n) is 2.53. The fraction of sp³-hybridized carbons (Fsp3) is 0.125. The maximum absolute atomic E-state index is 13.4. The minimum Gasteiger partial charge on any atom is -0.539 e. The largest absolute Gasteiger partial charge is 0.539 e. The van der Waals surface area contributed by atoms with E-state index in [2.05, 4.69) is 25.3 Å². The van der Waals surface area contributed by atoms with Crippen molar-refractivity contribution in [2.45, 2.75) is 0 Å². The zero-order valence-electron chi connectivity index (χ0n) is 7.79. The molecule has 1 rings (SSSR count). The van der Waals surface area contributed by atoms with Crippen molar-refractivity contribution in [1.82, 2.24) is 0 Å². The standard InChI is InChI=1S/C8H7BBrFO4/c1-14-8(12)7-5(10)2-4(15-9-13)3-6(7)11/h2-3,9,13H,1H3. The molecule has 0 heterocycles. The summed E-state index contributed by atoms with van der Waals surface area (Å²) in [6.07, 6.45) is 0. The molecule has 1 N–H and O–H groups in total. The van der Waals surface area contributed by atoms with Crippen LogP contribution in [0.5, 0.6) is 5.75 Å². The molecule has 1 aromatic carbocycles. The summed E-state index contributed by atoms with van der Waals surface area (Å²) in [5.41, 5.74) is -0.206. The van der Waals surface area contributed by atoms with E-state index in [4.69, 9.17) is 5.02 Å². The number of esters is 1. The molecule has 0 aliphatic carbocycles. The Bertz CT molecular complexity index is 362. The lowest BCUT2D eigenvalue weighted by atomic mass is 10.2. The van der Waals surface area contributed by atoms with E-state index in [-0.39, 0.29) is 15.8 Å². The summed E-state index contributed by atoms with van der Waals surface area (Å²) in [4.78, 5) is 11.1. The van der Waals surface area contributed by atoms with Crippen molar-refractivity contribution in [2.75, 3.05) is 7.11 Å². The summed E-state index contributed by atoms with van der Waals surface area (Å²) in [5, 5.41) is 8.47. The number of ether oxygens (including phenoxy) is 1. The van der Waals surface area contributed by atoms with E-state index in [1.165, 1.54) is 6.07 Å². The second-order valence-corrected chi connectivity index (χ2v) is 3.38. The summed E-state index contributed by atoms with van der Waals surface area (Å²) < 4.78 is 22.7. The molecule has 0 amide bonds. The van der Waals surface area contributed by atoms with E-state index in [9.17, 15) is 9.18 Å². The van der Waals surface area contributed by atoms with Crippen molar-refractivity contribution >= 4 is 29.6 Å². The molecule has 0 aromatic heterocycles. The highest BCUT2D eigenvalue weighted by molar-refractivity contribution is 9.10. The van der Waals surface area contributed by atoms with Crippen LogP contribution in [0.2, 0.25) is 0 Å². The highest BCUT2D eigenvalue weighted by atomic mass is 79.9. The Labute approximate surface area is 94.4 Å². The van der Waals surface area contributed by atoms with Crippen LogP contribution in [0.15, 0.2) is 16.6 Å². The molecule has 0 radical (unpaired) electrons. The third kappa shape index (κ3) is 2.70. The van der Waals surface area contributed by atoms with Crippen molar-refractivity contribution in [3.8, 4) is 5.75 Å². The predicted octanol–water partition coefficient (Wildman–Crippen LogP) is 1.01. The quantitative estimate of drug-likeness (QED) is 0.661. The van der Waals surface area contributed by atoms with Gasteiger partial charge in [-0.1, -0.05) is 0 Å². The van der Waals surface area contributed by atoms with Crippen LogP contribution in [0.3, 0.4) is 0 Å². The molecule has 80 valence electrons. The van der Waals surface area contributed by atoms with Gasteiger partial charge in [0.2, 0.25) is 0 Å². The van der Waals surface area contributed by atoms with E-state index in [0.29, 0.717) is 0 Å². The zero-order valence-corrected chi connectivity index (χ0v) is 9.38. The SMILES string of the molecule is COC(=O)c1c(F)cc(OBO)cc1Br. The first-order valence-electron chi connectivity index (χ1n) is 3.91. The molecule has 0 bridgehead atoms. The minimum absolute atomic E-state index is 0.120. The molecular formula is C8H7BBrFO4. The van der Waals surface area contributed by atoms with Crippen LogP contribution < -0.4 is 4.65 Å². The van der Waals surface area contributed by atoms with Crippen molar-refractivity contribution in [3.63, 3.8) is 0 Å². The van der Waals surface area contributed by atoms with E-state index >= 15 is 0 Å². The van der Waals surface area contributed by atoms with Gasteiger partial charge in [-0.15, -0.1) is 0 Å².